The largest absolute Gasteiger partial charge is 0.490 e. The van der Waals surface area contributed by atoms with E-state index in [1.54, 1.807) is 12.3 Å². The van der Waals surface area contributed by atoms with Crippen molar-refractivity contribution < 1.29 is 32.7 Å². The fraction of sp³-hybridized carbons (Fsp3) is 0.647. The molecule has 2 aliphatic heterocycles. The molecule has 2 amide bonds. The Labute approximate surface area is 159 Å². The Morgan fingerprint density at radius 1 is 1.29 bits per heavy atom. The van der Waals surface area contributed by atoms with Crippen LogP contribution in [0.25, 0.3) is 0 Å². The van der Waals surface area contributed by atoms with Gasteiger partial charge >= 0.3 is 12.1 Å². The maximum Gasteiger partial charge on any atom is 0.490 e. The van der Waals surface area contributed by atoms with Crippen molar-refractivity contribution in [2.24, 2.45) is 5.41 Å². The van der Waals surface area contributed by atoms with Gasteiger partial charge in [0.2, 0.25) is 5.91 Å². The first-order valence-electron chi connectivity index (χ1n) is 8.94. The van der Waals surface area contributed by atoms with Crippen LogP contribution in [0.4, 0.5) is 13.2 Å². The van der Waals surface area contributed by atoms with Crippen molar-refractivity contribution in [1.82, 2.24) is 20.0 Å². The molecule has 1 aromatic heterocycles. The molecule has 8 nitrogen and oxygen atoms in total. The predicted molar refractivity (Wildman–Crippen MR) is 91.3 cm³/mol. The number of nitrogens with zero attached hydrogens (tertiary/aromatic N) is 3. The molecule has 3 heterocycles. The second-order valence-corrected chi connectivity index (χ2v) is 6.97. The lowest BCUT2D eigenvalue weighted by Crippen LogP contribution is -2.52. The van der Waals surface area contributed by atoms with Crippen molar-refractivity contribution in [2.45, 2.75) is 38.8 Å². The average Bonchev–Trinajstić information content (AvgIpc) is 3.18. The minimum absolute atomic E-state index is 0.0292. The van der Waals surface area contributed by atoms with Gasteiger partial charge in [0.25, 0.3) is 5.91 Å². The SMILES string of the molecule is CCN1CC2(CCC1=O)CCN(C(=O)c1ccn[nH]1)CC2.O=C(O)C(F)(F)F. The van der Waals surface area contributed by atoms with Crippen molar-refractivity contribution in [3.8, 4) is 0 Å². The summed E-state index contributed by atoms with van der Waals surface area (Å²) in [6.07, 6.45) is 0.106. The lowest BCUT2D eigenvalue weighted by Gasteiger charge is -2.47. The third-order valence-corrected chi connectivity index (χ3v) is 5.21. The van der Waals surface area contributed by atoms with Gasteiger partial charge in [-0.1, -0.05) is 0 Å². The van der Waals surface area contributed by atoms with E-state index < -0.39 is 12.1 Å². The second-order valence-electron chi connectivity index (χ2n) is 6.97. The molecule has 156 valence electrons. The van der Waals surface area contributed by atoms with Crippen molar-refractivity contribution in [3.05, 3.63) is 18.0 Å². The van der Waals surface area contributed by atoms with Crippen LogP contribution in [0.5, 0.6) is 0 Å². The van der Waals surface area contributed by atoms with Gasteiger partial charge in [0.05, 0.1) is 0 Å². The van der Waals surface area contributed by atoms with Crippen LogP contribution >= 0.6 is 0 Å². The molecule has 0 unspecified atom stereocenters. The Morgan fingerprint density at radius 3 is 2.36 bits per heavy atom. The molecule has 0 saturated carbocycles. The van der Waals surface area contributed by atoms with Gasteiger partial charge in [-0.3, -0.25) is 14.7 Å². The zero-order valence-corrected chi connectivity index (χ0v) is 15.5. The Balaban J connectivity index is 0.000000345. The normalized spacial score (nSPS) is 19.2. The zero-order valence-electron chi connectivity index (χ0n) is 15.5. The maximum atomic E-state index is 12.3. The summed E-state index contributed by atoms with van der Waals surface area (Å²) in [6, 6.07) is 1.71. The molecule has 1 aromatic rings. The molecule has 0 aliphatic carbocycles. The molecule has 2 N–H and O–H groups in total. The number of hydrogen-bond donors (Lipinski definition) is 2. The van der Waals surface area contributed by atoms with Gasteiger partial charge in [-0.25, -0.2) is 4.79 Å². The Bertz CT molecular complexity index is 698. The van der Waals surface area contributed by atoms with E-state index in [-0.39, 0.29) is 17.2 Å². The monoisotopic (exact) mass is 404 g/mol. The van der Waals surface area contributed by atoms with Gasteiger partial charge < -0.3 is 14.9 Å². The quantitative estimate of drug-likeness (QED) is 0.783. The molecular weight excluding hydrogens is 381 g/mol. The molecule has 1 spiro atoms. The maximum absolute atomic E-state index is 12.3. The number of piperidine rings is 2. The van der Waals surface area contributed by atoms with Crippen LogP contribution in [0.3, 0.4) is 0 Å². The van der Waals surface area contributed by atoms with E-state index >= 15 is 0 Å². The minimum Gasteiger partial charge on any atom is -0.475 e. The number of hydrogen-bond acceptors (Lipinski definition) is 4. The van der Waals surface area contributed by atoms with Crippen molar-refractivity contribution in [3.63, 3.8) is 0 Å². The van der Waals surface area contributed by atoms with Crippen LogP contribution < -0.4 is 0 Å². The van der Waals surface area contributed by atoms with Crippen LogP contribution in [-0.2, 0) is 9.59 Å². The van der Waals surface area contributed by atoms with Crippen LogP contribution in [0.2, 0.25) is 0 Å². The van der Waals surface area contributed by atoms with E-state index in [1.807, 2.05) is 16.7 Å². The van der Waals surface area contributed by atoms with Gasteiger partial charge in [-0.15, -0.1) is 0 Å². The fourth-order valence-electron chi connectivity index (χ4n) is 3.53. The highest BCUT2D eigenvalue weighted by Crippen LogP contribution is 2.40. The number of likely N-dealkylation sites (tertiary alicyclic amines) is 2. The number of H-pyrrole nitrogens is 1. The molecule has 2 saturated heterocycles. The zero-order chi connectivity index (χ0) is 20.9. The summed E-state index contributed by atoms with van der Waals surface area (Å²) >= 11 is 0. The second kappa shape index (κ2) is 8.61. The third kappa shape index (κ3) is 5.23. The van der Waals surface area contributed by atoms with Crippen LogP contribution in [-0.4, -0.2) is 75.2 Å². The number of carbonyl (C=O) groups excluding carboxylic acids is 2. The highest BCUT2D eigenvalue weighted by atomic mass is 19.4. The average molecular weight is 404 g/mol. The topological polar surface area (TPSA) is 107 Å². The van der Waals surface area contributed by atoms with Gasteiger partial charge in [-0.05, 0) is 37.7 Å². The van der Waals surface area contributed by atoms with Gasteiger partial charge in [0.15, 0.2) is 0 Å². The molecule has 0 bridgehead atoms. The molecule has 11 heteroatoms. The number of rotatable bonds is 2. The summed E-state index contributed by atoms with van der Waals surface area (Å²) in [5, 5.41) is 13.7. The van der Waals surface area contributed by atoms with Crippen LogP contribution in [0.15, 0.2) is 12.3 Å². The van der Waals surface area contributed by atoms with E-state index in [0.29, 0.717) is 12.1 Å². The molecule has 2 aliphatic rings. The van der Waals surface area contributed by atoms with E-state index in [0.717, 1.165) is 45.4 Å². The van der Waals surface area contributed by atoms with Gasteiger partial charge in [0, 0.05) is 38.8 Å². The minimum atomic E-state index is -5.08. The number of carboxylic acids is 1. The first-order chi connectivity index (χ1) is 13.1. The van der Waals surface area contributed by atoms with Crippen molar-refractivity contribution >= 4 is 17.8 Å². The Kier molecular flexibility index (Phi) is 6.68. The summed E-state index contributed by atoms with van der Waals surface area (Å²) in [6.45, 7) is 5.22. The molecule has 2 fully saturated rings. The Hall–Kier alpha value is -2.59. The molecule has 0 aromatic carbocycles. The number of halogens is 3. The van der Waals surface area contributed by atoms with E-state index in [2.05, 4.69) is 10.2 Å². The summed E-state index contributed by atoms with van der Waals surface area (Å²) in [5.41, 5.74) is 0.772. The lowest BCUT2D eigenvalue weighted by molar-refractivity contribution is -0.192. The number of aromatic nitrogens is 2. The fourth-order valence-corrected chi connectivity index (χ4v) is 3.53. The smallest absolute Gasteiger partial charge is 0.475 e. The molecule has 28 heavy (non-hydrogen) atoms. The number of alkyl halides is 3. The van der Waals surface area contributed by atoms with Crippen molar-refractivity contribution in [1.29, 1.82) is 0 Å². The molecular formula is C17H23F3N4O4. The number of aliphatic carboxylic acids is 1. The third-order valence-electron chi connectivity index (χ3n) is 5.21. The number of carboxylic acid groups (broad SMARTS) is 1. The first kappa shape index (κ1) is 21.7. The van der Waals surface area contributed by atoms with Crippen LogP contribution in [0.1, 0.15) is 43.1 Å². The number of carbonyl (C=O) groups is 3. The number of nitrogens with one attached hydrogen (secondary N) is 1. The van der Waals surface area contributed by atoms with Gasteiger partial charge in [-0.2, -0.15) is 18.3 Å². The molecule has 0 atom stereocenters. The molecule has 0 radical (unpaired) electrons. The highest BCUT2D eigenvalue weighted by Gasteiger charge is 2.41. The Morgan fingerprint density at radius 2 is 1.89 bits per heavy atom. The van der Waals surface area contributed by atoms with E-state index in [4.69, 9.17) is 9.90 Å². The van der Waals surface area contributed by atoms with Crippen LogP contribution in [0, 0.1) is 5.41 Å². The van der Waals surface area contributed by atoms with E-state index in [9.17, 15) is 22.8 Å². The number of aromatic amines is 1. The highest BCUT2D eigenvalue weighted by molar-refractivity contribution is 5.92. The summed E-state index contributed by atoms with van der Waals surface area (Å²) < 4.78 is 31.7. The summed E-state index contributed by atoms with van der Waals surface area (Å²) in [5.74, 6) is -2.45. The predicted octanol–water partition coefficient (Wildman–Crippen LogP) is 1.91. The van der Waals surface area contributed by atoms with Gasteiger partial charge in [0.1, 0.15) is 5.69 Å². The summed E-state index contributed by atoms with van der Waals surface area (Å²) in [7, 11) is 0. The first-order valence-corrected chi connectivity index (χ1v) is 8.94. The molecule has 3 rings (SSSR count). The van der Waals surface area contributed by atoms with Crippen molar-refractivity contribution in [2.75, 3.05) is 26.2 Å². The summed E-state index contributed by atoms with van der Waals surface area (Å²) in [4.78, 5) is 36.9. The van der Waals surface area contributed by atoms with E-state index in [1.165, 1.54) is 0 Å². The number of amides is 2. The lowest BCUT2D eigenvalue weighted by atomic mass is 9.72. The standard InChI is InChI=1S/C15H22N4O2.C2HF3O2/c1-2-18-11-15(5-3-13(18)20)6-9-19(10-7-15)14(21)12-4-8-16-17-12;3-2(4,5)1(6)7/h4,8H,2-3,5-7,9-11H2,1H3,(H,16,17);(H,6,7).